The smallest absolute Gasteiger partial charge is 0.306 e. The fraction of sp³-hybridized carbons (Fsp3) is 0.554. The quantitative estimate of drug-likeness (QED) is 0.0264. The number of carbonyl (C=O) groups is 3. The topological polar surface area (TPSA) is 78.9 Å². The van der Waals surface area contributed by atoms with E-state index in [2.05, 4.69) is 154 Å². The van der Waals surface area contributed by atoms with Gasteiger partial charge in [0.25, 0.3) is 0 Å². The SMILES string of the molecule is CC/C=C\C/C=C\C/C=C\C/C=C\CCCCCC(=O)OCC(COC(=O)CCCC/C=C\C/C=C\C/C=C\CC)OC(=O)CCCCC/C=C\C/C=C\C/C=C\C/C=C\CC. The van der Waals surface area contributed by atoms with E-state index in [0.717, 1.165) is 128 Å². The number of hydrogen-bond acceptors (Lipinski definition) is 6. The summed E-state index contributed by atoms with van der Waals surface area (Å²) in [6.45, 7) is 6.17. The van der Waals surface area contributed by atoms with E-state index in [1.54, 1.807) is 0 Å². The van der Waals surface area contributed by atoms with Gasteiger partial charge in [-0.15, -0.1) is 0 Å². The van der Waals surface area contributed by atoms with Crippen molar-refractivity contribution in [1.82, 2.24) is 0 Å². The van der Waals surface area contributed by atoms with Gasteiger partial charge >= 0.3 is 17.9 Å². The average Bonchev–Trinajstić information content (AvgIpc) is 3.27. The lowest BCUT2D eigenvalue weighted by Gasteiger charge is -2.18. The molecular weight excluding hydrogens is 769 g/mol. The molecule has 0 heterocycles. The zero-order valence-electron chi connectivity index (χ0n) is 39.3. The molecule has 0 radical (unpaired) electrons. The third kappa shape index (κ3) is 46.6. The highest BCUT2D eigenvalue weighted by atomic mass is 16.6. The van der Waals surface area contributed by atoms with Gasteiger partial charge < -0.3 is 14.2 Å². The molecule has 1 atom stereocenters. The molecule has 0 bridgehead atoms. The van der Waals surface area contributed by atoms with Crippen molar-refractivity contribution in [3.8, 4) is 0 Å². The summed E-state index contributed by atoms with van der Waals surface area (Å²) in [5.74, 6) is -1.04. The van der Waals surface area contributed by atoms with Crippen molar-refractivity contribution in [2.24, 2.45) is 0 Å². The van der Waals surface area contributed by atoms with E-state index in [0.29, 0.717) is 19.3 Å². The first-order valence-corrected chi connectivity index (χ1v) is 24.2. The Morgan fingerprint density at radius 3 is 0.903 bits per heavy atom. The molecule has 1 unspecified atom stereocenters. The lowest BCUT2D eigenvalue weighted by Crippen LogP contribution is -2.30. The van der Waals surface area contributed by atoms with E-state index < -0.39 is 6.10 Å². The maximum Gasteiger partial charge on any atom is 0.306 e. The first-order valence-electron chi connectivity index (χ1n) is 24.2. The zero-order chi connectivity index (χ0) is 45.1. The van der Waals surface area contributed by atoms with Crippen molar-refractivity contribution in [3.63, 3.8) is 0 Å². The van der Waals surface area contributed by atoms with Crippen LogP contribution in [0.25, 0.3) is 0 Å². The molecule has 0 amide bonds. The predicted molar refractivity (Wildman–Crippen MR) is 265 cm³/mol. The van der Waals surface area contributed by atoms with Crippen LogP contribution in [0, 0.1) is 0 Å². The van der Waals surface area contributed by atoms with Crippen LogP contribution in [0.2, 0.25) is 0 Å². The van der Waals surface area contributed by atoms with Crippen LogP contribution in [0.1, 0.15) is 181 Å². The van der Waals surface area contributed by atoms with Crippen LogP contribution in [0.15, 0.2) is 134 Å². The summed E-state index contributed by atoms with van der Waals surface area (Å²) >= 11 is 0. The molecule has 0 aliphatic heterocycles. The Balaban J connectivity index is 4.58. The molecule has 62 heavy (non-hydrogen) atoms. The maximum absolute atomic E-state index is 12.8. The molecule has 0 N–H and O–H groups in total. The van der Waals surface area contributed by atoms with E-state index in [1.165, 1.54) is 0 Å². The summed E-state index contributed by atoms with van der Waals surface area (Å²) in [6, 6.07) is 0. The monoisotopic (exact) mass is 855 g/mol. The molecule has 0 saturated carbocycles. The molecule has 0 aliphatic rings. The lowest BCUT2D eigenvalue weighted by atomic mass is 10.1. The van der Waals surface area contributed by atoms with E-state index >= 15 is 0 Å². The standard InChI is InChI=1S/C56H86O6/c1-4-7-10-13-16-19-22-25-27-29-31-34-37-40-43-46-49-55(58)61-52-53(51-60-54(57)48-45-42-39-36-33-24-21-18-15-12-9-6-3)62-56(59)50-47-44-41-38-35-32-30-28-26-23-20-17-14-11-8-5-2/h7-12,16-21,25-28,31-36,53H,4-6,13-15,22-24,29-30,37-52H2,1-3H3/b10-7-,11-8-,12-9-,19-16-,20-17-,21-18-,27-25-,28-26-,34-31-,35-32-,36-33-. The minimum Gasteiger partial charge on any atom is -0.462 e. The highest BCUT2D eigenvalue weighted by molar-refractivity contribution is 5.71. The van der Waals surface area contributed by atoms with Crippen molar-refractivity contribution >= 4 is 17.9 Å². The van der Waals surface area contributed by atoms with Crippen LogP contribution in [0.4, 0.5) is 0 Å². The van der Waals surface area contributed by atoms with Gasteiger partial charge in [-0.2, -0.15) is 0 Å². The maximum atomic E-state index is 12.8. The Morgan fingerprint density at radius 2 is 0.581 bits per heavy atom. The van der Waals surface area contributed by atoms with Crippen LogP contribution >= 0.6 is 0 Å². The molecule has 0 aromatic heterocycles. The molecule has 6 heteroatoms. The molecule has 0 saturated heterocycles. The number of rotatable bonds is 41. The summed E-state index contributed by atoms with van der Waals surface area (Å²) in [5, 5.41) is 0. The molecule has 0 aromatic rings. The molecule has 0 rings (SSSR count). The highest BCUT2D eigenvalue weighted by Gasteiger charge is 2.19. The Labute approximate surface area is 379 Å². The number of unbranched alkanes of at least 4 members (excludes halogenated alkanes) is 8. The predicted octanol–water partition coefficient (Wildman–Crippen LogP) is 15.9. The Hall–Kier alpha value is -4.45. The van der Waals surface area contributed by atoms with Gasteiger partial charge in [0.1, 0.15) is 13.2 Å². The second-order valence-corrected chi connectivity index (χ2v) is 15.2. The third-order valence-corrected chi connectivity index (χ3v) is 9.38. The molecule has 6 nitrogen and oxygen atoms in total. The van der Waals surface area contributed by atoms with Crippen LogP contribution in [0.5, 0.6) is 0 Å². The molecule has 346 valence electrons. The van der Waals surface area contributed by atoms with Crippen molar-refractivity contribution in [2.45, 2.75) is 187 Å². The average molecular weight is 855 g/mol. The number of hydrogen-bond donors (Lipinski definition) is 0. The first-order chi connectivity index (χ1) is 30.5. The number of esters is 3. The van der Waals surface area contributed by atoms with E-state index in [4.69, 9.17) is 14.2 Å². The number of carbonyl (C=O) groups excluding carboxylic acids is 3. The van der Waals surface area contributed by atoms with Crippen LogP contribution in [0.3, 0.4) is 0 Å². The van der Waals surface area contributed by atoms with Crippen molar-refractivity contribution in [2.75, 3.05) is 13.2 Å². The molecule has 0 fully saturated rings. The van der Waals surface area contributed by atoms with Crippen molar-refractivity contribution < 1.29 is 28.6 Å². The fourth-order valence-electron chi connectivity index (χ4n) is 5.85. The largest absolute Gasteiger partial charge is 0.462 e. The van der Waals surface area contributed by atoms with E-state index in [-0.39, 0.29) is 44.0 Å². The minimum absolute atomic E-state index is 0.125. The molecule has 0 aromatic carbocycles. The summed E-state index contributed by atoms with van der Waals surface area (Å²) in [6.07, 6.45) is 68.7. The summed E-state index contributed by atoms with van der Waals surface area (Å²) in [5.41, 5.74) is 0. The van der Waals surface area contributed by atoms with Gasteiger partial charge in [0.15, 0.2) is 6.10 Å². The Morgan fingerprint density at radius 1 is 0.323 bits per heavy atom. The van der Waals surface area contributed by atoms with Crippen LogP contribution < -0.4 is 0 Å². The van der Waals surface area contributed by atoms with Crippen molar-refractivity contribution in [1.29, 1.82) is 0 Å². The van der Waals surface area contributed by atoms with E-state index in [1.807, 2.05) is 0 Å². The van der Waals surface area contributed by atoms with Gasteiger partial charge in [0.2, 0.25) is 0 Å². The lowest BCUT2D eigenvalue weighted by molar-refractivity contribution is -0.167. The third-order valence-electron chi connectivity index (χ3n) is 9.38. The van der Waals surface area contributed by atoms with Crippen LogP contribution in [-0.4, -0.2) is 37.2 Å². The summed E-state index contributed by atoms with van der Waals surface area (Å²) in [4.78, 5) is 37.9. The summed E-state index contributed by atoms with van der Waals surface area (Å²) in [7, 11) is 0. The minimum atomic E-state index is -0.827. The van der Waals surface area contributed by atoms with Gasteiger partial charge in [0.05, 0.1) is 0 Å². The zero-order valence-corrected chi connectivity index (χ0v) is 39.3. The highest BCUT2D eigenvalue weighted by Crippen LogP contribution is 2.11. The van der Waals surface area contributed by atoms with Gasteiger partial charge in [-0.1, -0.05) is 167 Å². The fourth-order valence-corrected chi connectivity index (χ4v) is 5.85. The van der Waals surface area contributed by atoms with E-state index in [9.17, 15) is 14.4 Å². The van der Waals surface area contributed by atoms with Crippen LogP contribution in [-0.2, 0) is 28.6 Å². The first kappa shape index (κ1) is 57.5. The van der Waals surface area contributed by atoms with Gasteiger partial charge in [0, 0.05) is 19.3 Å². The van der Waals surface area contributed by atoms with Gasteiger partial charge in [-0.3, -0.25) is 14.4 Å². The second kappa shape index (κ2) is 49.2. The molecule has 0 spiro atoms. The summed E-state index contributed by atoms with van der Waals surface area (Å²) < 4.78 is 16.7. The molecular formula is C56H86O6. The van der Waals surface area contributed by atoms with Gasteiger partial charge in [-0.25, -0.2) is 0 Å². The Kier molecular flexibility index (Phi) is 45.7. The second-order valence-electron chi connectivity index (χ2n) is 15.2. The van der Waals surface area contributed by atoms with Crippen molar-refractivity contribution in [3.05, 3.63) is 134 Å². The van der Waals surface area contributed by atoms with Gasteiger partial charge in [-0.05, 0) is 128 Å². The normalized spacial score (nSPS) is 13.3. The molecule has 0 aliphatic carbocycles. The number of allylic oxidation sites excluding steroid dienone is 22. The Bertz CT molecular complexity index is 1400. The number of ether oxygens (including phenoxy) is 3.